The topological polar surface area (TPSA) is 49.9 Å². The Bertz CT molecular complexity index is 1150. The van der Waals surface area contributed by atoms with Crippen LogP contribution in [0.4, 0.5) is 8.78 Å². The molecular formula is C23H22F2N2O3S. The van der Waals surface area contributed by atoms with Crippen molar-refractivity contribution in [2.24, 2.45) is 0 Å². The molecule has 2 heterocycles. The Balaban J connectivity index is 1.51. The Morgan fingerprint density at radius 1 is 1.00 bits per heavy atom. The van der Waals surface area contributed by atoms with Crippen LogP contribution in [0.2, 0.25) is 0 Å². The molecule has 1 aromatic heterocycles. The number of carbonyl (C=O) groups excluding carboxylic acids is 2. The summed E-state index contributed by atoms with van der Waals surface area (Å²) in [4.78, 5) is 29.7. The highest BCUT2D eigenvalue weighted by Crippen LogP contribution is 2.34. The molecule has 1 aliphatic heterocycles. The summed E-state index contributed by atoms with van der Waals surface area (Å²) in [7, 11) is 1.51. The molecule has 31 heavy (non-hydrogen) atoms. The fourth-order valence-corrected chi connectivity index (χ4v) is 4.98. The Morgan fingerprint density at radius 3 is 2.32 bits per heavy atom. The van der Waals surface area contributed by atoms with Gasteiger partial charge in [-0.15, -0.1) is 11.3 Å². The van der Waals surface area contributed by atoms with Gasteiger partial charge in [-0.25, -0.2) is 8.78 Å². The van der Waals surface area contributed by atoms with E-state index < -0.39 is 5.82 Å². The molecule has 0 atom stereocenters. The van der Waals surface area contributed by atoms with Crippen molar-refractivity contribution in [1.29, 1.82) is 0 Å². The van der Waals surface area contributed by atoms with Gasteiger partial charge in [0.15, 0.2) is 0 Å². The molecule has 0 aliphatic carbocycles. The first kappa shape index (κ1) is 21.4. The molecule has 162 valence electrons. The highest BCUT2D eigenvalue weighted by Gasteiger charge is 2.29. The number of piperazine rings is 1. The lowest BCUT2D eigenvalue weighted by Gasteiger charge is -2.34. The van der Waals surface area contributed by atoms with Crippen LogP contribution in [0.5, 0.6) is 0 Å². The van der Waals surface area contributed by atoms with Crippen LogP contribution in [0.3, 0.4) is 0 Å². The molecule has 0 bridgehead atoms. The van der Waals surface area contributed by atoms with Crippen molar-refractivity contribution >= 4 is 33.2 Å². The molecule has 8 heteroatoms. The monoisotopic (exact) mass is 444 g/mol. The van der Waals surface area contributed by atoms with Gasteiger partial charge in [0.25, 0.3) is 11.8 Å². The van der Waals surface area contributed by atoms with Gasteiger partial charge >= 0.3 is 0 Å². The van der Waals surface area contributed by atoms with Gasteiger partial charge in [-0.2, -0.15) is 0 Å². The van der Waals surface area contributed by atoms with Crippen LogP contribution < -0.4 is 0 Å². The Kier molecular flexibility index (Phi) is 6.02. The second kappa shape index (κ2) is 8.72. The Morgan fingerprint density at radius 2 is 1.68 bits per heavy atom. The van der Waals surface area contributed by atoms with Crippen LogP contribution >= 0.6 is 11.3 Å². The third kappa shape index (κ3) is 4.05. The summed E-state index contributed by atoms with van der Waals surface area (Å²) < 4.78 is 34.1. The molecule has 1 aliphatic rings. The maximum absolute atomic E-state index is 14.4. The van der Waals surface area contributed by atoms with E-state index in [9.17, 15) is 18.4 Å². The van der Waals surface area contributed by atoms with Gasteiger partial charge in [0.05, 0.1) is 11.5 Å². The van der Waals surface area contributed by atoms with E-state index in [1.165, 1.54) is 30.6 Å². The number of thiophene rings is 1. The first-order valence-electron chi connectivity index (χ1n) is 9.94. The van der Waals surface area contributed by atoms with Gasteiger partial charge in [-0.05, 0) is 36.8 Å². The molecule has 0 unspecified atom stereocenters. The van der Waals surface area contributed by atoms with E-state index in [-0.39, 0.29) is 24.2 Å². The Labute approximate surface area is 182 Å². The molecular weight excluding hydrogens is 422 g/mol. The number of hydrogen-bond donors (Lipinski definition) is 0. The van der Waals surface area contributed by atoms with Crippen LogP contribution in [0, 0.1) is 18.6 Å². The van der Waals surface area contributed by atoms with Crippen molar-refractivity contribution in [3.8, 4) is 0 Å². The van der Waals surface area contributed by atoms with E-state index in [2.05, 4.69) is 0 Å². The van der Waals surface area contributed by atoms with Crippen molar-refractivity contribution in [3.63, 3.8) is 0 Å². The predicted molar refractivity (Wildman–Crippen MR) is 115 cm³/mol. The second-order valence-corrected chi connectivity index (χ2v) is 8.56. The number of rotatable bonds is 4. The normalized spacial score (nSPS) is 14.3. The van der Waals surface area contributed by atoms with Crippen molar-refractivity contribution in [1.82, 2.24) is 9.80 Å². The summed E-state index contributed by atoms with van der Waals surface area (Å²) in [6.07, 6.45) is 0. The molecule has 1 saturated heterocycles. The Hall–Kier alpha value is -2.84. The molecule has 0 radical (unpaired) electrons. The van der Waals surface area contributed by atoms with Crippen LogP contribution in [0.15, 0.2) is 36.4 Å². The highest BCUT2D eigenvalue weighted by atomic mass is 32.1. The number of hydrogen-bond acceptors (Lipinski definition) is 4. The molecule has 3 aromatic rings. The molecule has 0 spiro atoms. The van der Waals surface area contributed by atoms with Crippen LogP contribution in [-0.4, -0.2) is 54.9 Å². The zero-order valence-electron chi connectivity index (χ0n) is 17.3. The summed E-state index contributed by atoms with van der Waals surface area (Å²) >= 11 is 1.25. The van der Waals surface area contributed by atoms with Gasteiger partial charge < -0.3 is 14.5 Å². The largest absolute Gasteiger partial charge is 0.380 e. The fourth-order valence-electron chi connectivity index (χ4n) is 3.79. The lowest BCUT2D eigenvalue weighted by molar-refractivity contribution is 0.0536. The molecule has 1 fully saturated rings. The van der Waals surface area contributed by atoms with E-state index >= 15 is 0 Å². The van der Waals surface area contributed by atoms with E-state index in [4.69, 9.17) is 4.74 Å². The zero-order valence-corrected chi connectivity index (χ0v) is 18.1. The number of methoxy groups -OCH3 is 1. The van der Waals surface area contributed by atoms with Gasteiger partial charge in [0.1, 0.15) is 11.6 Å². The van der Waals surface area contributed by atoms with Crippen LogP contribution in [-0.2, 0) is 11.3 Å². The first-order chi connectivity index (χ1) is 14.9. The minimum atomic E-state index is -0.415. The second-order valence-electron chi connectivity index (χ2n) is 7.50. The number of carbonyl (C=O) groups is 2. The molecule has 2 amide bonds. The van der Waals surface area contributed by atoms with Gasteiger partial charge in [-0.3, -0.25) is 9.59 Å². The number of ether oxygens (including phenoxy) is 1. The number of aryl methyl sites for hydroxylation is 1. The maximum atomic E-state index is 14.4. The van der Waals surface area contributed by atoms with Crippen LogP contribution in [0.1, 0.15) is 31.2 Å². The van der Waals surface area contributed by atoms with Crippen LogP contribution in [0.25, 0.3) is 10.1 Å². The van der Waals surface area contributed by atoms with Crippen molar-refractivity contribution in [2.45, 2.75) is 13.5 Å². The standard InChI is InChI=1S/C23H22F2N2O3S/c1-14-6-7-15(12-18(14)25)22(28)26-8-10-27(11-9-26)23(29)21-16(13-30-2)20-17(24)4-3-5-19(20)31-21/h3-7,12H,8-11,13H2,1-2H3. The summed E-state index contributed by atoms with van der Waals surface area (Å²) in [6, 6.07) is 9.23. The molecule has 5 nitrogen and oxygen atoms in total. The number of fused-ring (bicyclic) bond motifs is 1. The van der Waals surface area contributed by atoms with E-state index in [1.54, 1.807) is 41.0 Å². The third-order valence-corrected chi connectivity index (χ3v) is 6.70. The van der Waals surface area contributed by atoms with E-state index in [0.29, 0.717) is 57.8 Å². The minimum absolute atomic E-state index is 0.138. The van der Waals surface area contributed by atoms with Crippen molar-refractivity contribution in [3.05, 3.63) is 69.6 Å². The average Bonchev–Trinajstić information content (AvgIpc) is 3.15. The first-order valence-corrected chi connectivity index (χ1v) is 10.8. The number of nitrogens with zero attached hydrogens (tertiary/aromatic N) is 2. The summed E-state index contributed by atoms with van der Waals surface area (Å²) in [6.45, 7) is 3.17. The van der Waals surface area contributed by atoms with Gasteiger partial charge in [-0.1, -0.05) is 12.1 Å². The van der Waals surface area contributed by atoms with E-state index in [0.717, 1.165) is 0 Å². The zero-order chi connectivity index (χ0) is 22.1. The SMILES string of the molecule is COCc1c(C(=O)N2CCN(C(=O)c3ccc(C)c(F)c3)CC2)sc2cccc(F)c12. The number of halogens is 2. The molecule has 2 aromatic carbocycles. The lowest BCUT2D eigenvalue weighted by atomic mass is 10.1. The molecule has 4 rings (SSSR count). The summed E-state index contributed by atoms with van der Waals surface area (Å²) in [5, 5.41) is 0.424. The summed E-state index contributed by atoms with van der Waals surface area (Å²) in [5.41, 5.74) is 1.34. The summed E-state index contributed by atoms with van der Waals surface area (Å²) in [5.74, 6) is -1.24. The minimum Gasteiger partial charge on any atom is -0.380 e. The molecule has 0 N–H and O–H groups in total. The smallest absolute Gasteiger partial charge is 0.264 e. The third-order valence-electron chi connectivity index (χ3n) is 5.52. The highest BCUT2D eigenvalue weighted by molar-refractivity contribution is 7.21. The maximum Gasteiger partial charge on any atom is 0.264 e. The molecule has 0 saturated carbocycles. The van der Waals surface area contributed by atoms with Crippen molar-refractivity contribution in [2.75, 3.05) is 33.3 Å². The lowest BCUT2D eigenvalue weighted by Crippen LogP contribution is -2.50. The van der Waals surface area contributed by atoms with Gasteiger partial charge in [0, 0.05) is 54.5 Å². The fraction of sp³-hybridized carbons (Fsp3) is 0.304. The predicted octanol–water partition coefficient (Wildman–Crippen LogP) is 4.23. The van der Waals surface area contributed by atoms with E-state index in [1.807, 2.05) is 0 Å². The van der Waals surface area contributed by atoms with Gasteiger partial charge in [0.2, 0.25) is 0 Å². The number of amides is 2. The van der Waals surface area contributed by atoms with Crippen molar-refractivity contribution < 1.29 is 23.1 Å². The average molecular weight is 445 g/mol. The quantitative estimate of drug-likeness (QED) is 0.605. The number of benzene rings is 2.